The Morgan fingerprint density at radius 3 is 2.93 bits per heavy atom. The Morgan fingerprint density at radius 1 is 1.50 bits per heavy atom. The van der Waals surface area contributed by atoms with Crippen molar-refractivity contribution in [1.29, 1.82) is 0 Å². The van der Waals surface area contributed by atoms with Gasteiger partial charge >= 0.3 is 0 Å². The molecule has 1 amide bonds. The maximum Gasteiger partial charge on any atom is 0.271 e. The summed E-state index contributed by atoms with van der Waals surface area (Å²) in [4.78, 5) is 29.6. The zero-order chi connectivity index (χ0) is 20.3. The lowest BCUT2D eigenvalue weighted by molar-refractivity contribution is -0.384. The van der Waals surface area contributed by atoms with Gasteiger partial charge in [-0.05, 0) is 38.3 Å². The molecule has 0 saturated carbocycles. The Bertz CT molecular complexity index is 869. The first-order valence-corrected chi connectivity index (χ1v) is 9.68. The summed E-state index contributed by atoms with van der Waals surface area (Å²) in [6, 6.07) is 3.71. The topological polar surface area (TPSA) is 93.3 Å². The number of nitro benzene ring substituents is 1. The van der Waals surface area contributed by atoms with Crippen molar-refractivity contribution in [2.75, 3.05) is 18.4 Å². The first-order chi connectivity index (χ1) is 13.3. The molecule has 3 rings (SSSR count). The fraction of sp³-hybridized carbons (Fsp3) is 0.474. The molecule has 2 aromatic rings. The minimum absolute atomic E-state index is 0.107. The van der Waals surface area contributed by atoms with Gasteiger partial charge in [0.2, 0.25) is 5.91 Å². The van der Waals surface area contributed by atoms with Crippen LogP contribution in [0.5, 0.6) is 0 Å². The number of piperidine rings is 1. The van der Waals surface area contributed by atoms with E-state index in [0.29, 0.717) is 11.6 Å². The second-order valence-corrected chi connectivity index (χ2v) is 7.66. The first kappa shape index (κ1) is 20.3. The normalized spacial score (nSPS) is 18.6. The van der Waals surface area contributed by atoms with Gasteiger partial charge < -0.3 is 9.88 Å². The van der Waals surface area contributed by atoms with E-state index in [1.807, 2.05) is 24.7 Å². The van der Waals surface area contributed by atoms with Gasteiger partial charge in [-0.2, -0.15) is 0 Å². The van der Waals surface area contributed by atoms with Gasteiger partial charge in [0.1, 0.15) is 5.82 Å². The van der Waals surface area contributed by atoms with Crippen molar-refractivity contribution in [1.82, 2.24) is 14.5 Å². The van der Waals surface area contributed by atoms with Gasteiger partial charge in [-0.15, -0.1) is 0 Å². The molecular formula is C19H24ClN5O3. The van der Waals surface area contributed by atoms with Gasteiger partial charge in [0.25, 0.3) is 5.69 Å². The van der Waals surface area contributed by atoms with Crippen LogP contribution in [0.4, 0.5) is 11.4 Å². The number of carbonyl (C=O) groups is 1. The average Bonchev–Trinajstić information content (AvgIpc) is 3.07. The fourth-order valence-corrected chi connectivity index (χ4v) is 3.81. The molecule has 2 heterocycles. The molecule has 1 aromatic heterocycles. The number of imidazole rings is 1. The maximum absolute atomic E-state index is 12.7. The summed E-state index contributed by atoms with van der Waals surface area (Å²) in [5.74, 6) is 1.34. The number of nitrogens with one attached hydrogen (secondary N) is 1. The van der Waals surface area contributed by atoms with E-state index < -0.39 is 4.92 Å². The number of benzene rings is 1. The molecule has 28 heavy (non-hydrogen) atoms. The summed E-state index contributed by atoms with van der Waals surface area (Å²) in [6.45, 7) is 3.56. The fourth-order valence-electron chi connectivity index (χ4n) is 3.59. The number of aryl methyl sites for hydroxylation is 1. The van der Waals surface area contributed by atoms with E-state index in [2.05, 4.69) is 15.2 Å². The monoisotopic (exact) mass is 405 g/mol. The third-order valence-corrected chi connectivity index (χ3v) is 5.60. The summed E-state index contributed by atoms with van der Waals surface area (Å²) in [5.41, 5.74) is 0.273. The molecule has 1 aromatic carbocycles. The molecule has 1 aliphatic heterocycles. The molecule has 8 nitrogen and oxygen atoms in total. The van der Waals surface area contributed by atoms with E-state index in [-0.39, 0.29) is 22.7 Å². The minimum atomic E-state index is -0.518. The van der Waals surface area contributed by atoms with Crippen molar-refractivity contribution >= 4 is 28.9 Å². The highest BCUT2D eigenvalue weighted by Gasteiger charge is 2.28. The van der Waals surface area contributed by atoms with Gasteiger partial charge in [0.05, 0.1) is 21.7 Å². The highest BCUT2D eigenvalue weighted by molar-refractivity contribution is 6.34. The largest absolute Gasteiger partial charge is 0.338 e. The molecule has 0 spiro atoms. The quantitative estimate of drug-likeness (QED) is 0.588. The molecular weight excluding hydrogens is 382 g/mol. The summed E-state index contributed by atoms with van der Waals surface area (Å²) < 4.78 is 2.03. The summed E-state index contributed by atoms with van der Waals surface area (Å²) in [6.07, 6.45) is 6.79. The van der Waals surface area contributed by atoms with E-state index >= 15 is 0 Å². The third-order valence-electron chi connectivity index (χ3n) is 5.29. The molecule has 1 fully saturated rings. The molecule has 150 valence electrons. The predicted octanol–water partition coefficient (Wildman–Crippen LogP) is 3.26. The summed E-state index contributed by atoms with van der Waals surface area (Å²) in [5, 5.41) is 13.8. The Kier molecular flexibility index (Phi) is 6.31. The maximum atomic E-state index is 12.7. The lowest BCUT2D eigenvalue weighted by Crippen LogP contribution is -2.47. The lowest BCUT2D eigenvalue weighted by Gasteiger charge is -2.36. The number of non-ortho nitro benzene ring substituents is 1. The summed E-state index contributed by atoms with van der Waals surface area (Å²) in [7, 11) is 1.99. The molecule has 2 atom stereocenters. The van der Waals surface area contributed by atoms with Crippen LogP contribution in [0, 0.1) is 16.0 Å². The number of halogens is 1. The zero-order valence-corrected chi connectivity index (χ0v) is 16.7. The molecule has 1 aliphatic rings. The summed E-state index contributed by atoms with van der Waals surface area (Å²) >= 11 is 6.08. The van der Waals surface area contributed by atoms with Crippen LogP contribution in [-0.2, 0) is 18.3 Å². The van der Waals surface area contributed by atoms with Gasteiger partial charge in [-0.25, -0.2) is 4.98 Å². The Labute approximate surface area is 168 Å². The number of hydrogen-bond acceptors (Lipinski definition) is 5. The predicted molar refractivity (Wildman–Crippen MR) is 107 cm³/mol. The standard InChI is InChI=1S/C19H24ClN5O3/c1-13(19(26)22-17-6-5-15(25(27)28)11-16(17)20)24-8-3-4-14(12-24)10-18-21-7-9-23(18)2/h5-7,9,11,13-14H,3-4,8,10,12H2,1-2H3,(H,22,26). The average molecular weight is 406 g/mol. The van der Waals surface area contributed by atoms with Crippen molar-refractivity contribution < 1.29 is 9.72 Å². The van der Waals surface area contributed by atoms with Crippen LogP contribution in [-0.4, -0.2) is 44.4 Å². The molecule has 0 radical (unpaired) electrons. The SMILES string of the molecule is CC(C(=O)Nc1ccc([N+](=O)[O-])cc1Cl)N1CCCC(Cc2nccn2C)C1. The molecule has 0 aliphatic carbocycles. The van der Waals surface area contributed by atoms with E-state index in [0.717, 1.165) is 38.2 Å². The van der Waals surface area contributed by atoms with E-state index in [1.54, 1.807) is 6.20 Å². The molecule has 2 unspecified atom stereocenters. The van der Waals surface area contributed by atoms with Crippen molar-refractivity contribution in [3.8, 4) is 0 Å². The molecule has 0 bridgehead atoms. The van der Waals surface area contributed by atoms with Crippen LogP contribution >= 0.6 is 11.6 Å². The number of hydrogen-bond donors (Lipinski definition) is 1. The number of anilines is 1. The number of nitro groups is 1. The minimum Gasteiger partial charge on any atom is -0.338 e. The number of nitrogens with zero attached hydrogens (tertiary/aromatic N) is 4. The Hall–Kier alpha value is -2.45. The van der Waals surface area contributed by atoms with Crippen LogP contribution in [0.25, 0.3) is 0 Å². The van der Waals surface area contributed by atoms with Crippen LogP contribution < -0.4 is 5.32 Å². The van der Waals surface area contributed by atoms with Crippen molar-refractivity contribution in [2.24, 2.45) is 13.0 Å². The highest BCUT2D eigenvalue weighted by atomic mass is 35.5. The first-order valence-electron chi connectivity index (χ1n) is 9.30. The number of aromatic nitrogens is 2. The zero-order valence-electron chi connectivity index (χ0n) is 16.0. The third kappa shape index (κ3) is 4.69. The highest BCUT2D eigenvalue weighted by Crippen LogP contribution is 2.27. The van der Waals surface area contributed by atoms with Crippen LogP contribution in [0.15, 0.2) is 30.6 Å². The van der Waals surface area contributed by atoms with Gasteiger partial charge in [-0.1, -0.05) is 11.6 Å². The number of carbonyl (C=O) groups excluding carboxylic acids is 1. The number of amides is 1. The molecule has 9 heteroatoms. The van der Waals surface area contributed by atoms with Crippen molar-refractivity contribution in [2.45, 2.75) is 32.2 Å². The van der Waals surface area contributed by atoms with E-state index in [1.165, 1.54) is 18.2 Å². The molecule has 1 N–H and O–H groups in total. The van der Waals surface area contributed by atoms with Gasteiger partial charge in [-0.3, -0.25) is 19.8 Å². The molecule has 1 saturated heterocycles. The smallest absolute Gasteiger partial charge is 0.271 e. The van der Waals surface area contributed by atoms with Crippen LogP contribution in [0.2, 0.25) is 5.02 Å². The van der Waals surface area contributed by atoms with Gasteiger partial charge in [0.15, 0.2) is 0 Å². The Morgan fingerprint density at radius 2 is 2.29 bits per heavy atom. The Balaban J connectivity index is 1.61. The second-order valence-electron chi connectivity index (χ2n) is 7.25. The van der Waals surface area contributed by atoms with Crippen molar-refractivity contribution in [3.05, 3.63) is 51.6 Å². The van der Waals surface area contributed by atoms with E-state index in [9.17, 15) is 14.9 Å². The van der Waals surface area contributed by atoms with Crippen LogP contribution in [0.1, 0.15) is 25.6 Å². The lowest BCUT2D eigenvalue weighted by atomic mass is 9.93. The van der Waals surface area contributed by atoms with Gasteiger partial charge in [0, 0.05) is 44.5 Å². The second kappa shape index (κ2) is 8.70. The van der Waals surface area contributed by atoms with Crippen molar-refractivity contribution in [3.63, 3.8) is 0 Å². The number of likely N-dealkylation sites (tertiary alicyclic amines) is 1. The number of rotatable bonds is 6. The van der Waals surface area contributed by atoms with Crippen LogP contribution in [0.3, 0.4) is 0 Å². The van der Waals surface area contributed by atoms with E-state index in [4.69, 9.17) is 11.6 Å².